The number of nitrogens with one attached hydrogen (secondary N) is 1. The largest absolute Gasteiger partial charge is 0.445 e. The van der Waals surface area contributed by atoms with Crippen LogP contribution in [0.25, 0.3) is 0 Å². The lowest BCUT2D eigenvalue weighted by molar-refractivity contribution is -0.183. The second-order valence-electron chi connectivity index (χ2n) is 13.6. The number of aliphatic hydroxyl groups is 1. The normalized spacial score (nSPS) is 29.9. The van der Waals surface area contributed by atoms with Crippen LogP contribution in [0.4, 0.5) is 4.79 Å². The van der Waals surface area contributed by atoms with E-state index >= 15 is 0 Å². The molecule has 4 aliphatic rings. The molecule has 2 aliphatic heterocycles. The Morgan fingerprint density at radius 1 is 1.07 bits per heavy atom. The van der Waals surface area contributed by atoms with Crippen LogP contribution >= 0.6 is 0 Å². The number of carbonyl (C=O) groups is 1. The SMILES string of the molecule is CC(C)CN(C[C@@H](O)[C@H](Cc1ccccc1)NC(=O)OC1C2COC3OCC1[C@H](C)C32)S(=O)(=O)c1ccc(C2(N)CC2)cc1. The van der Waals surface area contributed by atoms with Crippen molar-refractivity contribution in [3.8, 4) is 0 Å². The molecule has 8 atom stereocenters. The molecule has 10 nitrogen and oxygen atoms in total. The highest BCUT2D eigenvalue weighted by atomic mass is 32.2. The number of nitrogens with two attached hydrogens (primary N) is 1. The highest BCUT2D eigenvalue weighted by Gasteiger charge is 2.60. The van der Waals surface area contributed by atoms with Crippen molar-refractivity contribution in [2.45, 2.75) is 75.0 Å². The topological polar surface area (TPSA) is 140 Å². The number of nitrogens with zero attached hydrogens (tertiary/aromatic N) is 1. The van der Waals surface area contributed by atoms with E-state index in [9.17, 15) is 18.3 Å². The number of rotatable bonds is 12. The molecule has 240 valence electrons. The molecule has 2 aromatic carbocycles. The van der Waals surface area contributed by atoms with Crippen LogP contribution in [0, 0.1) is 29.6 Å². The fourth-order valence-electron chi connectivity index (χ4n) is 7.28. The molecule has 4 fully saturated rings. The van der Waals surface area contributed by atoms with Gasteiger partial charge in [0.15, 0.2) is 6.29 Å². The van der Waals surface area contributed by atoms with Crippen LogP contribution in [0.1, 0.15) is 44.7 Å². The molecule has 2 aliphatic carbocycles. The molecule has 2 saturated heterocycles. The Morgan fingerprint density at radius 2 is 1.73 bits per heavy atom. The molecule has 2 aromatic rings. The molecular weight excluding hydrogens is 582 g/mol. The van der Waals surface area contributed by atoms with Gasteiger partial charge < -0.3 is 30.4 Å². The molecule has 4 N–H and O–H groups in total. The molecule has 2 saturated carbocycles. The maximum absolute atomic E-state index is 13.9. The monoisotopic (exact) mass is 627 g/mol. The van der Waals surface area contributed by atoms with Crippen molar-refractivity contribution in [1.29, 1.82) is 0 Å². The van der Waals surface area contributed by atoms with Crippen molar-refractivity contribution in [1.82, 2.24) is 9.62 Å². The lowest BCUT2D eigenvalue weighted by Gasteiger charge is -2.33. The van der Waals surface area contributed by atoms with Gasteiger partial charge in [-0.25, -0.2) is 13.2 Å². The maximum atomic E-state index is 13.9. The summed E-state index contributed by atoms with van der Waals surface area (Å²) in [5, 5.41) is 14.5. The third-order valence-corrected chi connectivity index (χ3v) is 11.8. The summed E-state index contributed by atoms with van der Waals surface area (Å²) in [6.07, 6.45) is -0.377. The predicted octanol–water partition coefficient (Wildman–Crippen LogP) is 3.23. The smallest absolute Gasteiger partial charge is 0.407 e. The Kier molecular flexibility index (Phi) is 8.82. The standard InChI is InChI=1S/C33H45N3O7S/c1-20(2)16-36(44(39,40)24-11-9-23(10-12-24)33(34)13-14-33)17-28(37)27(15-22-7-5-4-6-8-22)35-32(38)43-30-25-18-41-31-29(21(25)3)26(30)19-42-31/h4-12,20-21,25-31,37H,13-19,34H2,1-3H3,(H,35,38)/t21-,25?,26?,27-,28+,29?,30?,31?/m0/s1. The first-order valence-electron chi connectivity index (χ1n) is 15.8. The number of fused-ring (bicyclic) bond motifs is 1. The van der Waals surface area contributed by atoms with Gasteiger partial charge in [0.05, 0.1) is 30.3 Å². The molecule has 0 radical (unpaired) electrons. The minimum Gasteiger partial charge on any atom is -0.445 e. The van der Waals surface area contributed by atoms with E-state index in [0.717, 1.165) is 24.0 Å². The van der Waals surface area contributed by atoms with E-state index in [1.807, 2.05) is 44.2 Å². The number of amides is 1. The Balaban J connectivity index is 1.19. The van der Waals surface area contributed by atoms with Crippen molar-refractivity contribution in [2.75, 3.05) is 26.3 Å². The molecule has 44 heavy (non-hydrogen) atoms. The Bertz CT molecular complexity index is 1420. The van der Waals surface area contributed by atoms with Gasteiger partial charge in [0.2, 0.25) is 10.0 Å². The van der Waals surface area contributed by atoms with Gasteiger partial charge in [-0.15, -0.1) is 0 Å². The minimum atomic E-state index is -3.95. The van der Waals surface area contributed by atoms with Crippen LogP contribution in [0.2, 0.25) is 0 Å². The first-order valence-corrected chi connectivity index (χ1v) is 17.2. The summed E-state index contributed by atoms with van der Waals surface area (Å²) < 4.78 is 46.8. The van der Waals surface area contributed by atoms with Crippen molar-refractivity contribution in [3.63, 3.8) is 0 Å². The van der Waals surface area contributed by atoms with Gasteiger partial charge in [0.1, 0.15) is 6.10 Å². The lowest BCUT2D eigenvalue weighted by Crippen LogP contribution is -2.52. The van der Waals surface area contributed by atoms with E-state index in [-0.39, 0.29) is 59.6 Å². The highest BCUT2D eigenvalue weighted by molar-refractivity contribution is 7.89. The van der Waals surface area contributed by atoms with Crippen molar-refractivity contribution < 1.29 is 32.5 Å². The number of aliphatic hydroxyl groups excluding tert-OH is 1. The zero-order valence-corrected chi connectivity index (χ0v) is 26.5. The Hall–Kier alpha value is -2.54. The summed E-state index contributed by atoms with van der Waals surface area (Å²) in [6, 6.07) is 15.4. The molecule has 5 unspecified atom stereocenters. The van der Waals surface area contributed by atoms with Crippen LogP contribution in [0.15, 0.2) is 59.5 Å². The average Bonchev–Trinajstić information content (AvgIpc) is 3.55. The third kappa shape index (κ3) is 6.27. The molecule has 2 heterocycles. The number of sulfonamides is 1. The van der Waals surface area contributed by atoms with Gasteiger partial charge in [-0.1, -0.05) is 63.2 Å². The quantitative estimate of drug-likeness (QED) is 0.326. The second-order valence-corrected chi connectivity index (χ2v) is 15.5. The number of alkyl carbamates (subject to hydrolysis) is 1. The summed E-state index contributed by atoms with van der Waals surface area (Å²) in [5.74, 6) is 0.663. The zero-order chi connectivity index (χ0) is 31.2. The molecule has 6 rings (SSSR count). The van der Waals surface area contributed by atoms with Gasteiger partial charge in [0.25, 0.3) is 0 Å². The van der Waals surface area contributed by atoms with Crippen molar-refractivity contribution in [2.24, 2.45) is 35.3 Å². The van der Waals surface area contributed by atoms with Gasteiger partial charge in [-0.2, -0.15) is 4.31 Å². The number of benzene rings is 2. The first-order chi connectivity index (χ1) is 21.0. The highest BCUT2D eigenvalue weighted by Crippen LogP contribution is 2.53. The zero-order valence-electron chi connectivity index (χ0n) is 25.7. The maximum Gasteiger partial charge on any atom is 0.407 e. The van der Waals surface area contributed by atoms with Crippen LogP contribution in [0.5, 0.6) is 0 Å². The second kappa shape index (κ2) is 12.3. The van der Waals surface area contributed by atoms with E-state index < -0.39 is 28.3 Å². The number of carbonyl (C=O) groups excluding carboxylic acids is 1. The van der Waals surface area contributed by atoms with E-state index in [0.29, 0.717) is 25.6 Å². The summed E-state index contributed by atoms with van der Waals surface area (Å²) in [4.78, 5) is 13.6. The van der Waals surface area contributed by atoms with Crippen LogP contribution < -0.4 is 11.1 Å². The summed E-state index contributed by atoms with van der Waals surface area (Å²) in [6.45, 7) is 6.99. The van der Waals surface area contributed by atoms with Crippen LogP contribution in [-0.2, 0) is 36.2 Å². The fourth-order valence-corrected chi connectivity index (χ4v) is 8.90. The summed E-state index contributed by atoms with van der Waals surface area (Å²) >= 11 is 0. The Labute approximate surface area is 260 Å². The molecule has 1 amide bonds. The van der Waals surface area contributed by atoms with Gasteiger partial charge >= 0.3 is 6.09 Å². The number of hydrogen-bond donors (Lipinski definition) is 3. The van der Waals surface area contributed by atoms with E-state index in [2.05, 4.69) is 12.2 Å². The molecule has 2 bridgehead atoms. The minimum absolute atomic E-state index is 0.00362. The molecule has 0 aromatic heterocycles. The Morgan fingerprint density at radius 3 is 2.36 bits per heavy atom. The summed E-state index contributed by atoms with van der Waals surface area (Å²) in [7, 11) is -3.95. The van der Waals surface area contributed by atoms with Crippen LogP contribution in [0.3, 0.4) is 0 Å². The molecule has 0 spiro atoms. The van der Waals surface area contributed by atoms with Gasteiger partial charge in [-0.3, -0.25) is 0 Å². The average molecular weight is 628 g/mol. The number of ether oxygens (including phenoxy) is 3. The fraction of sp³-hybridized carbons (Fsp3) is 0.606. The van der Waals surface area contributed by atoms with Crippen molar-refractivity contribution in [3.05, 3.63) is 65.7 Å². The predicted molar refractivity (Wildman–Crippen MR) is 164 cm³/mol. The van der Waals surface area contributed by atoms with Gasteiger partial charge in [0, 0.05) is 36.4 Å². The molecular formula is C33H45N3O7S. The molecule has 11 heteroatoms. The van der Waals surface area contributed by atoms with Gasteiger partial charge in [-0.05, 0) is 54.4 Å². The van der Waals surface area contributed by atoms with Crippen molar-refractivity contribution >= 4 is 16.1 Å². The van der Waals surface area contributed by atoms with E-state index in [1.165, 1.54) is 4.31 Å². The van der Waals surface area contributed by atoms with E-state index in [4.69, 9.17) is 19.9 Å². The lowest BCUT2D eigenvalue weighted by atomic mass is 9.88. The van der Waals surface area contributed by atoms with Crippen LogP contribution in [-0.4, -0.2) is 74.8 Å². The number of hydrogen-bond acceptors (Lipinski definition) is 8. The third-order valence-electron chi connectivity index (χ3n) is 9.97. The first kappa shape index (κ1) is 31.4. The summed E-state index contributed by atoms with van der Waals surface area (Å²) in [5.41, 5.74) is 7.76. The van der Waals surface area contributed by atoms with E-state index in [1.54, 1.807) is 24.3 Å².